The molecular formula is C27H32N6O2. The van der Waals surface area contributed by atoms with E-state index in [9.17, 15) is 4.79 Å². The van der Waals surface area contributed by atoms with E-state index < -0.39 is 0 Å². The van der Waals surface area contributed by atoms with Crippen LogP contribution in [0.1, 0.15) is 32.3 Å². The molecule has 3 atom stereocenters. The van der Waals surface area contributed by atoms with Gasteiger partial charge in [-0.25, -0.2) is 9.98 Å². The lowest BCUT2D eigenvalue weighted by atomic mass is 9.96. The minimum absolute atomic E-state index is 0.0650. The fraction of sp³-hybridized carbons (Fsp3) is 0.407. The van der Waals surface area contributed by atoms with Gasteiger partial charge in [0.25, 0.3) is 5.91 Å². The number of carbonyl (C=O) groups is 1. The average molecular weight is 473 g/mol. The first kappa shape index (κ1) is 23.2. The molecule has 5 rings (SSSR count). The third kappa shape index (κ3) is 5.43. The minimum atomic E-state index is -0.0809. The Bertz CT molecular complexity index is 1160. The first-order valence-electron chi connectivity index (χ1n) is 12.3. The van der Waals surface area contributed by atoms with Gasteiger partial charge in [-0.2, -0.15) is 0 Å². The van der Waals surface area contributed by atoms with Gasteiger partial charge in [0.1, 0.15) is 5.71 Å². The highest BCUT2D eigenvalue weighted by Gasteiger charge is 2.33. The molecule has 1 aliphatic carbocycles. The number of fused-ring (bicyclic) bond motifs is 1. The van der Waals surface area contributed by atoms with Crippen LogP contribution in [0.25, 0.3) is 0 Å². The topological polar surface area (TPSA) is 84.1 Å². The van der Waals surface area contributed by atoms with Crippen molar-refractivity contribution in [2.75, 3.05) is 19.6 Å². The number of amidine groups is 1. The smallest absolute Gasteiger partial charge is 0.251 e. The van der Waals surface area contributed by atoms with Crippen LogP contribution in [0.3, 0.4) is 0 Å². The van der Waals surface area contributed by atoms with Crippen molar-refractivity contribution in [3.63, 3.8) is 0 Å². The molecule has 0 spiro atoms. The van der Waals surface area contributed by atoms with Gasteiger partial charge in [0.05, 0.1) is 30.3 Å². The van der Waals surface area contributed by atoms with Gasteiger partial charge < -0.3 is 19.5 Å². The van der Waals surface area contributed by atoms with E-state index in [1.807, 2.05) is 41.1 Å². The number of benzene rings is 1. The number of amides is 1. The number of carbonyl (C=O) groups excluding carboxylic acids is 1. The van der Waals surface area contributed by atoms with E-state index in [2.05, 4.69) is 41.2 Å². The second kappa shape index (κ2) is 10.4. The summed E-state index contributed by atoms with van der Waals surface area (Å²) in [5.41, 5.74) is 3.47. The summed E-state index contributed by atoms with van der Waals surface area (Å²) in [5, 5.41) is 3.03. The second-order valence-electron chi connectivity index (χ2n) is 9.33. The van der Waals surface area contributed by atoms with Crippen molar-refractivity contribution in [2.24, 2.45) is 9.98 Å². The van der Waals surface area contributed by atoms with Gasteiger partial charge >= 0.3 is 0 Å². The minimum Gasteiger partial charge on any atom is -0.372 e. The van der Waals surface area contributed by atoms with E-state index in [1.54, 1.807) is 12.5 Å². The summed E-state index contributed by atoms with van der Waals surface area (Å²) in [6.07, 6.45) is 11.1. The molecule has 0 radical (unpaired) electrons. The molecule has 2 aromatic rings. The normalized spacial score (nSPS) is 24.1. The first-order chi connectivity index (χ1) is 17.1. The van der Waals surface area contributed by atoms with E-state index >= 15 is 0 Å². The van der Waals surface area contributed by atoms with Crippen LogP contribution in [0.5, 0.6) is 0 Å². The molecule has 1 fully saturated rings. The van der Waals surface area contributed by atoms with Gasteiger partial charge in [-0.3, -0.25) is 9.79 Å². The summed E-state index contributed by atoms with van der Waals surface area (Å²) in [6.45, 7) is 7.12. The molecule has 1 N–H and O–H groups in total. The molecule has 0 saturated carbocycles. The Morgan fingerprint density at radius 3 is 2.71 bits per heavy atom. The molecule has 0 bridgehead atoms. The summed E-state index contributed by atoms with van der Waals surface area (Å²) >= 11 is 0. The molecular weight excluding hydrogens is 440 g/mol. The van der Waals surface area contributed by atoms with Crippen LogP contribution in [0.2, 0.25) is 0 Å². The number of rotatable bonds is 6. The van der Waals surface area contributed by atoms with Crippen LogP contribution < -0.4 is 5.32 Å². The van der Waals surface area contributed by atoms with Crippen LogP contribution in [0.15, 0.2) is 82.5 Å². The Labute approximate surface area is 206 Å². The predicted molar refractivity (Wildman–Crippen MR) is 136 cm³/mol. The average Bonchev–Trinajstić information content (AvgIpc) is 3.39. The maximum Gasteiger partial charge on any atom is 0.251 e. The van der Waals surface area contributed by atoms with Gasteiger partial charge in [0.2, 0.25) is 0 Å². The molecule has 2 aliphatic heterocycles. The zero-order valence-corrected chi connectivity index (χ0v) is 20.3. The van der Waals surface area contributed by atoms with E-state index in [0.717, 1.165) is 48.9 Å². The summed E-state index contributed by atoms with van der Waals surface area (Å²) in [4.78, 5) is 29.4. The number of nitrogens with zero attached hydrogens (tertiary/aromatic N) is 5. The standard InChI is InChI=1S/C27H32N6O2/c1-19-16-33(17-20(2)35-19)26-25(21-7-4-3-5-8-21)30-23-10-9-22(15-24(23)31-26)27(34)29-11-6-13-32-14-12-28-18-32/h3-5,7-9,12,14-15,18-20,23H,6,10-11,13,16-17H2,1-2H3,(H,29,34). The van der Waals surface area contributed by atoms with Crippen molar-refractivity contribution in [1.82, 2.24) is 19.8 Å². The number of aryl methyl sites for hydroxylation is 1. The highest BCUT2D eigenvalue weighted by atomic mass is 16.5. The number of nitrogens with one attached hydrogen (secondary N) is 1. The van der Waals surface area contributed by atoms with E-state index in [1.165, 1.54) is 0 Å². The van der Waals surface area contributed by atoms with Crippen molar-refractivity contribution >= 4 is 17.5 Å². The van der Waals surface area contributed by atoms with Gasteiger partial charge in [0, 0.05) is 49.7 Å². The summed E-state index contributed by atoms with van der Waals surface area (Å²) in [6, 6.07) is 10.2. The maximum atomic E-state index is 12.8. The summed E-state index contributed by atoms with van der Waals surface area (Å²) in [5.74, 6) is 0.799. The Morgan fingerprint density at radius 1 is 1.17 bits per heavy atom. The van der Waals surface area contributed by atoms with Crippen LogP contribution >= 0.6 is 0 Å². The molecule has 8 nitrogen and oxygen atoms in total. The van der Waals surface area contributed by atoms with Crippen molar-refractivity contribution < 1.29 is 9.53 Å². The SMILES string of the molecule is CC1CN(C2=NC3=CC(C(=O)NCCCn4ccnc4)=CCC3N=C2c2ccccc2)CC(C)O1. The predicted octanol–water partition coefficient (Wildman–Crippen LogP) is 2.98. The highest BCUT2D eigenvalue weighted by Crippen LogP contribution is 2.28. The third-order valence-corrected chi connectivity index (χ3v) is 6.40. The number of hydrogen-bond donors (Lipinski definition) is 1. The Kier molecular flexibility index (Phi) is 6.90. The number of aromatic nitrogens is 2. The summed E-state index contributed by atoms with van der Waals surface area (Å²) in [7, 11) is 0. The van der Waals surface area contributed by atoms with Gasteiger partial charge in [-0.05, 0) is 32.8 Å². The van der Waals surface area contributed by atoms with Gasteiger partial charge in [-0.1, -0.05) is 36.4 Å². The molecule has 1 saturated heterocycles. The number of ether oxygens (including phenoxy) is 1. The molecule has 8 heteroatoms. The molecule has 1 aromatic heterocycles. The quantitative estimate of drug-likeness (QED) is 0.655. The molecule has 35 heavy (non-hydrogen) atoms. The Morgan fingerprint density at radius 2 is 1.97 bits per heavy atom. The Balaban J connectivity index is 1.33. The zero-order valence-electron chi connectivity index (χ0n) is 20.3. The lowest BCUT2D eigenvalue weighted by Gasteiger charge is -2.39. The number of hydrogen-bond acceptors (Lipinski definition) is 6. The molecule has 3 heterocycles. The van der Waals surface area contributed by atoms with E-state index in [0.29, 0.717) is 18.5 Å². The molecule has 3 unspecified atom stereocenters. The van der Waals surface area contributed by atoms with Gasteiger partial charge in [-0.15, -0.1) is 0 Å². The van der Waals surface area contributed by atoms with Crippen LogP contribution in [-0.4, -0.2) is 69.8 Å². The first-order valence-corrected chi connectivity index (χ1v) is 12.3. The lowest BCUT2D eigenvalue weighted by Crippen LogP contribution is -2.51. The van der Waals surface area contributed by atoms with Crippen LogP contribution in [-0.2, 0) is 16.1 Å². The van der Waals surface area contributed by atoms with Crippen LogP contribution in [0, 0.1) is 0 Å². The number of imidazole rings is 1. The van der Waals surface area contributed by atoms with Crippen molar-refractivity contribution in [2.45, 2.75) is 51.5 Å². The van der Waals surface area contributed by atoms with Crippen LogP contribution in [0.4, 0.5) is 0 Å². The van der Waals surface area contributed by atoms with E-state index in [-0.39, 0.29) is 24.2 Å². The van der Waals surface area contributed by atoms with Crippen molar-refractivity contribution in [3.8, 4) is 0 Å². The monoisotopic (exact) mass is 472 g/mol. The Hall–Kier alpha value is -3.52. The third-order valence-electron chi connectivity index (χ3n) is 6.40. The van der Waals surface area contributed by atoms with E-state index in [4.69, 9.17) is 14.7 Å². The summed E-state index contributed by atoms with van der Waals surface area (Å²) < 4.78 is 7.96. The molecule has 1 amide bonds. The largest absolute Gasteiger partial charge is 0.372 e. The highest BCUT2D eigenvalue weighted by molar-refractivity contribution is 6.48. The zero-order chi connectivity index (χ0) is 24.2. The van der Waals surface area contributed by atoms with Crippen molar-refractivity contribution in [1.29, 1.82) is 0 Å². The maximum absolute atomic E-state index is 12.8. The fourth-order valence-corrected chi connectivity index (χ4v) is 4.80. The fourth-order valence-electron chi connectivity index (χ4n) is 4.80. The molecule has 3 aliphatic rings. The molecule has 1 aromatic carbocycles. The number of aliphatic imine (C=N–C) groups is 2. The lowest BCUT2D eigenvalue weighted by molar-refractivity contribution is -0.117. The number of morpholine rings is 1. The molecule has 182 valence electrons. The van der Waals surface area contributed by atoms with Crippen molar-refractivity contribution in [3.05, 3.63) is 78.0 Å². The van der Waals surface area contributed by atoms with Gasteiger partial charge in [0.15, 0.2) is 5.84 Å². The second-order valence-corrected chi connectivity index (χ2v) is 9.33.